The highest BCUT2D eigenvalue weighted by molar-refractivity contribution is 5.19. The quantitative estimate of drug-likeness (QED) is 0.416. The first-order valence-electron chi connectivity index (χ1n) is 6.51. The molecule has 22 heavy (non-hydrogen) atoms. The number of aliphatic hydroxyl groups is 3. The van der Waals surface area contributed by atoms with Crippen molar-refractivity contribution in [2.45, 2.75) is 24.4 Å². The molecule has 1 fully saturated rings. The van der Waals surface area contributed by atoms with Crippen LogP contribution in [0.4, 0.5) is 0 Å². The summed E-state index contributed by atoms with van der Waals surface area (Å²) in [5, 5.41) is 28.8. The van der Waals surface area contributed by atoms with E-state index in [1.54, 1.807) is 0 Å². The van der Waals surface area contributed by atoms with E-state index in [2.05, 4.69) is 15.0 Å². The van der Waals surface area contributed by atoms with Crippen LogP contribution in [-0.4, -0.2) is 59.8 Å². The average molecular weight is 310 g/mol. The molecule has 3 rings (SSSR count). The summed E-state index contributed by atoms with van der Waals surface area (Å²) in [5.74, 6) is 0.175. The summed E-state index contributed by atoms with van der Waals surface area (Å²) < 4.78 is 6.35. The molecule has 1 aliphatic heterocycles. The minimum Gasteiger partial charge on any atom is -0.394 e. The fourth-order valence-electron chi connectivity index (χ4n) is 2.39. The molecule has 3 heterocycles. The molecule has 5 N–H and O–H groups in total. The fourth-order valence-corrected chi connectivity index (χ4v) is 2.39. The maximum absolute atomic E-state index is 12.0. The highest BCUT2D eigenvalue weighted by atomic mass is 16.6. The van der Waals surface area contributed by atoms with Gasteiger partial charge in [0, 0.05) is 18.6 Å². The number of aliphatic hydroxyl groups excluding tert-OH is 3. The van der Waals surface area contributed by atoms with Crippen LogP contribution in [0, 0.1) is 0 Å². The summed E-state index contributed by atoms with van der Waals surface area (Å²) in [5.41, 5.74) is -1.52. The number of hydrogen-bond donors (Lipinski definition) is 5. The van der Waals surface area contributed by atoms with Crippen molar-refractivity contribution in [1.82, 2.24) is 19.5 Å². The molecule has 0 saturated carbocycles. The highest BCUT2D eigenvalue weighted by Crippen LogP contribution is 2.31. The van der Waals surface area contributed by atoms with Crippen LogP contribution in [0.2, 0.25) is 0 Å². The molecule has 0 aromatic carbocycles. The second-order valence-electron chi connectivity index (χ2n) is 4.89. The largest absolute Gasteiger partial charge is 0.394 e. The Balaban J connectivity index is 2.07. The van der Waals surface area contributed by atoms with Crippen LogP contribution >= 0.6 is 0 Å². The van der Waals surface area contributed by atoms with E-state index in [0.29, 0.717) is 0 Å². The first-order valence-corrected chi connectivity index (χ1v) is 6.51. The number of ether oxygens (including phenoxy) is 1. The summed E-state index contributed by atoms with van der Waals surface area (Å²) in [6, 6.07) is 0. The Morgan fingerprint density at radius 1 is 1.32 bits per heavy atom. The van der Waals surface area contributed by atoms with Crippen LogP contribution in [0.5, 0.6) is 0 Å². The molecule has 4 atom stereocenters. The van der Waals surface area contributed by atoms with Gasteiger partial charge in [0.2, 0.25) is 5.95 Å². The van der Waals surface area contributed by atoms with Gasteiger partial charge in [0.1, 0.15) is 24.4 Å². The number of nitrogens with zero attached hydrogens (tertiary/aromatic N) is 2. The van der Waals surface area contributed by atoms with Crippen LogP contribution in [0.3, 0.4) is 0 Å². The Hall–Kier alpha value is -2.27. The molecule has 0 amide bonds. The number of H-pyrrole nitrogens is 2. The Morgan fingerprint density at radius 2 is 2.09 bits per heavy atom. The monoisotopic (exact) mass is 310 g/mol. The molecule has 0 aliphatic carbocycles. The zero-order valence-electron chi connectivity index (χ0n) is 11.2. The molecular formula is C12H14N4O6. The van der Waals surface area contributed by atoms with Crippen molar-refractivity contribution < 1.29 is 20.1 Å². The number of aromatic amines is 2. The Morgan fingerprint density at radius 3 is 2.68 bits per heavy atom. The lowest BCUT2D eigenvalue weighted by atomic mass is 10.0. The van der Waals surface area contributed by atoms with Gasteiger partial charge in [0.15, 0.2) is 0 Å². The van der Waals surface area contributed by atoms with Crippen LogP contribution in [0.25, 0.3) is 5.95 Å². The third-order valence-corrected chi connectivity index (χ3v) is 3.53. The van der Waals surface area contributed by atoms with Gasteiger partial charge in [0.05, 0.1) is 12.2 Å². The van der Waals surface area contributed by atoms with Gasteiger partial charge >= 0.3 is 5.69 Å². The van der Waals surface area contributed by atoms with Crippen molar-refractivity contribution in [3.05, 3.63) is 45.0 Å². The molecule has 2 aromatic heterocycles. The zero-order valence-corrected chi connectivity index (χ0v) is 11.2. The molecule has 1 aliphatic rings. The van der Waals surface area contributed by atoms with E-state index in [4.69, 9.17) is 9.84 Å². The lowest BCUT2D eigenvalue weighted by Crippen LogP contribution is -2.35. The number of nitrogens with one attached hydrogen (secondary N) is 2. The summed E-state index contributed by atoms with van der Waals surface area (Å²) >= 11 is 0. The normalized spacial score (nSPS) is 28.1. The Labute approximate surface area is 122 Å². The second kappa shape index (κ2) is 5.50. The number of aromatic nitrogens is 4. The molecule has 10 heteroatoms. The summed E-state index contributed by atoms with van der Waals surface area (Å²) in [6.07, 6.45) is -0.807. The maximum Gasteiger partial charge on any atom is 0.335 e. The molecule has 0 radical (unpaired) electrons. The first kappa shape index (κ1) is 14.7. The lowest BCUT2D eigenvalue weighted by Gasteiger charge is -2.14. The Bertz CT molecular complexity index is 767. The SMILES string of the molecule is O=c1[nH]c(=O)n(-c2ncc[nH]2)cc1[C@@H]1O[C@H](CO)[C@@H](O)[C@H]1O. The predicted octanol–water partition coefficient (Wildman–Crippen LogP) is -2.60. The van der Waals surface area contributed by atoms with Gasteiger partial charge in [-0.2, -0.15) is 0 Å². The van der Waals surface area contributed by atoms with Gasteiger partial charge < -0.3 is 25.0 Å². The average Bonchev–Trinajstić information content (AvgIpc) is 3.10. The molecule has 1 saturated heterocycles. The highest BCUT2D eigenvalue weighted by Gasteiger charge is 2.44. The van der Waals surface area contributed by atoms with E-state index < -0.39 is 42.3 Å². The molecule has 2 aromatic rings. The summed E-state index contributed by atoms with van der Waals surface area (Å²) in [4.78, 5) is 32.5. The van der Waals surface area contributed by atoms with Crippen molar-refractivity contribution in [1.29, 1.82) is 0 Å². The Kier molecular flexibility index (Phi) is 3.66. The van der Waals surface area contributed by atoms with E-state index in [-0.39, 0.29) is 11.5 Å². The van der Waals surface area contributed by atoms with Gasteiger partial charge in [-0.1, -0.05) is 0 Å². The van der Waals surface area contributed by atoms with Crippen molar-refractivity contribution in [3.63, 3.8) is 0 Å². The third kappa shape index (κ3) is 2.27. The van der Waals surface area contributed by atoms with E-state index in [1.165, 1.54) is 18.6 Å². The van der Waals surface area contributed by atoms with E-state index in [9.17, 15) is 19.8 Å². The maximum atomic E-state index is 12.0. The summed E-state index contributed by atoms with van der Waals surface area (Å²) in [7, 11) is 0. The van der Waals surface area contributed by atoms with E-state index in [1.807, 2.05) is 0 Å². The second-order valence-corrected chi connectivity index (χ2v) is 4.89. The van der Waals surface area contributed by atoms with Gasteiger partial charge in [-0.3, -0.25) is 9.78 Å². The predicted molar refractivity (Wildman–Crippen MR) is 71.5 cm³/mol. The van der Waals surface area contributed by atoms with Gasteiger partial charge in [-0.25, -0.2) is 14.3 Å². The van der Waals surface area contributed by atoms with E-state index in [0.717, 1.165) is 4.57 Å². The van der Waals surface area contributed by atoms with Gasteiger partial charge in [-0.15, -0.1) is 0 Å². The summed E-state index contributed by atoms with van der Waals surface area (Å²) in [6.45, 7) is -0.509. The first-order chi connectivity index (χ1) is 10.5. The number of imidazole rings is 1. The van der Waals surface area contributed by atoms with Crippen LogP contribution in [0.15, 0.2) is 28.2 Å². The molecule has 0 unspecified atom stereocenters. The smallest absolute Gasteiger partial charge is 0.335 e. The molecular weight excluding hydrogens is 296 g/mol. The fraction of sp³-hybridized carbons (Fsp3) is 0.417. The van der Waals surface area contributed by atoms with Crippen LogP contribution in [0.1, 0.15) is 11.7 Å². The third-order valence-electron chi connectivity index (χ3n) is 3.53. The minimum absolute atomic E-state index is 0.0569. The van der Waals surface area contributed by atoms with Gasteiger partial charge in [-0.05, 0) is 0 Å². The van der Waals surface area contributed by atoms with Gasteiger partial charge in [0.25, 0.3) is 5.56 Å². The van der Waals surface area contributed by atoms with Crippen LogP contribution < -0.4 is 11.2 Å². The number of rotatable bonds is 3. The standard InChI is InChI=1S/C12H14N4O6/c17-4-6-7(18)8(19)9(22-6)5-3-16(11-13-1-2-14-11)12(21)15-10(5)20/h1-3,6-9,17-19H,4H2,(H,13,14)(H,15,20,21)/t6-,7-,8-,9+/m1/s1. The molecule has 10 nitrogen and oxygen atoms in total. The van der Waals surface area contributed by atoms with Crippen molar-refractivity contribution in [2.24, 2.45) is 0 Å². The van der Waals surface area contributed by atoms with Crippen LogP contribution in [-0.2, 0) is 4.74 Å². The molecule has 0 bridgehead atoms. The minimum atomic E-state index is -1.40. The number of hydrogen-bond acceptors (Lipinski definition) is 7. The lowest BCUT2D eigenvalue weighted by molar-refractivity contribution is -0.0233. The van der Waals surface area contributed by atoms with Crippen molar-refractivity contribution in [3.8, 4) is 5.95 Å². The van der Waals surface area contributed by atoms with E-state index >= 15 is 0 Å². The zero-order chi connectivity index (χ0) is 15.9. The molecule has 0 spiro atoms. The van der Waals surface area contributed by atoms with Crippen molar-refractivity contribution >= 4 is 0 Å². The topological polar surface area (TPSA) is 153 Å². The molecule has 118 valence electrons. The van der Waals surface area contributed by atoms with Crippen molar-refractivity contribution in [2.75, 3.05) is 6.61 Å².